The van der Waals surface area contributed by atoms with E-state index in [2.05, 4.69) is 33.7 Å². The number of fused-ring (bicyclic) bond motifs is 1. The molecule has 0 radical (unpaired) electrons. The van der Waals surface area contributed by atoms with E-state index in [1.54, 1.807) is 18.3 Å². The number of rotatable bonds is 2. The van der Waals surface area contributed by atoms with Gasteiger partial charge in [0.15, 0.2) is 0 Å². The van der Waals surface area contributed by atoms with Crippen LogP contribution in [0.5, 0.6) is 0 Å². The maximum Gasteiger partial charge on any atom is 0.272 e. The highest BCUT2D eigenvalue weighted by molar-refractivity contribution is 6.03. The average Bonchev–Trinajstić information content (AvgIpc) is 2.76. The van der Waals surface area contributed by atoms with E-state index in [1.165, 1.54) is 11.8 Å². The molecule has 0 aliphatic heterocycles. The van der Waals surface area contributed by atoms with Crippen LogP contribution in [0.1, 0.15) is 40.7 Å². The third-order valence-corrected chi connectivity index (χ3v) is 3.65. The lowest BCUT2D eigenvalue weighted by atomic mass is 10.0. The summed E-state index contributed by atoms with van der Waals surface area (Å²) in [5.41, 5.74) is 6.59. The molecule has 3 rings (SSSR count). The number of pyridine rings is 1. The Balaban J connectivity index is 1.82. The van der Waals surface area contributed by atoms with Gasteiger partial charge in [-0.2, -0.15) is 5.10 Å². The van der Waals surface area contributed by atoms with Crippen LogP contribution in [0, 0.1) is 0 Å². The van der Waals surface area contributed by atoms with E-state index >= 15 is 0 Å². The van der Waals surface area contributed by atoms with E-state index < -0.39 is 0 Å². The number of benzene rings is 1. The first-order valence-corrected chi connectivity index (χ1v) is 7.20. The van der Waals surface area contributed by atoms with Crippen molar-refractivity contribution in [2.45, 2.75) is 25.7 Å². The quantitative estimate of drug-likeness (QED) is 0.678. The van der Waals surface area contributed by atoms with Crippen LogP contribution in [0.2, 0.25) is 0 Å². The standard InChI is InChI=1S/C17H17N3O/c21-17(14-8-5-11-18-12-14)20-19-16-10-4-2-7-13-6-1-3-9-15(13)16/h1,3,5-6,8-9,11-12H,2,4,7,10H2,(H,20,21). The van der Waals surface area contributed by atoms with Crippen LogP contribution < -0.4 is 5.43 Å². The summed E-state index contributed by atoms with van der Waals surface area (Å²) in [5, 5.41) is 4.35. The second-order valence-electron chi connectivity index (χ2n) is 5.11. The van der Waals surface area contributed by atoms with Crippen molar-refractivity contribution in [2.75, 3.05) is 0 Å². The minimum Gasteiger partial charge on any atom is -0.267 e. The van der Waals surface area contributed by atoms with Crippen molar-refractivity contribution in [1.82, 2.24) is 10.4 Å². The largest absolute Gasteiger partial charge is 0.272 e. The first-order chi connectivity index (χ1) is 10.3. The van der Waals surface area contributed by atoms with Gasteiger partial charge < -0.3 is 0 Å². The molecular formula is C17H17N3O. The van der Waals surface area contributed by atoms with Crippen LogP contribution in [0.3, 0.4) is 0 Å². The molecule has 1 heterocycles. The van der Waals surface area contributed by atoms with Crippen LogP contribution in [0.15, 0.2) is 53.9 Å². The van der Waals surface area contributed by atoms with Crippen LogP contribution in [-0.4, -0.2) is 16.6 Å². The van der Waals surface area contributed by atoms with E-state index in [9.17, 15) is 4.79 Å². The van der Waals surface area contributed by atoms with Crippen LogP contribution in [0.4, 0.5) is 0 Å². The Labute approximate surface area is 123 Å². The molecule has 1 aromatic carbocycles. The van der Waals surface area contributed by atoms with Crippen molar-refractivity contribution in [3.63, 3.8) is 0 Å². The molecule has 4 nitrogen and oxygen atoms in total. The number of aromatic nitrogens is 1. The number of hydrogen-bond acceptors (Lipinski definition) is 3. The molecule has 4 heteroatoms. The van der Waals surface area contributed by atoms with Gasteiger partial charge in [0.2, 0.25) is 0 Å². The summed E-state index contributed by atoms with van der Waals surface area (Å²) in [6.07, 6.45) is 7.40. The Hall–Kier alpha value is -2.49. The summed E-state index contributed by atoms with van der Waals surface area (Å²) in [4.78, 5) is 16.0. The number of carbonyl (C=O) groups excluding carboxylic acids is 1. The smallest absolute Gasteiger partial charge is 0.267 e. The first kappa shape index (κ1) is 13.5. The maximum atomic E-state index is 12.0. The molecule has 0 unspecified atom stereocenters. The number of nitrogens with zero attached hydrogens (tertiary/aromatic N) is 2. The van der Waals surface area contributed by atoms with Gasteiger partial charge in [0.05, 0.1) is 11.3 Å². The van der Waals surface area contributed by atoms with E-state index in [0.717, 1.165) is 37.0 Å². The molecule has 0 atom stereocenters. The lowest BCUT2D eigenvalue weighted by Gasteiger charge is -2.08. The number of hydrogen-bond donors (Lipinski definition) is 1. The van der Waals surface area contributed by atoms with Crippen molar-refractivity contribution in [1.29, 1.82) is 0 Å². The molecule has 0 bridgehead atoms. The average molecular weight is 279 g/mol. The zero-order valence-electron chi connectivity index (χ0n) is 11.7. The SMILES string of the molecule is O=C(NN=C1CCCCc2ccccc21)c1cccnc1. The monoisotopic (exact) mass is 279 g/mol. The number of hydrazone groups is 1. The molecule has 21 heavy (non-hydrogen) atoms. The Morgan fingerprint density at radius 2 is 1.95 bits per heavy atom. The summed E-state index contributed by atoms with van der Waals surface area (Å²) in [7, 11) is 0. The zero-order valence-corrected chi connectivity index (χ0v) is 11.7. The maximum absolute atomic E-state index is 12.0. The van der Waals surface area contributed by atoms with Crippen molar-refractivity contribution in [2.24, 2.45) is 5.10 Å². The first-order valence-electron chi connectivity index (χ1n) is 7.20. The minimum absolute atomic E-state index is 0.225. The highest BCUT2D eigenvalue weighted by Crippen LogP contribution is 2.20. The summed E-state index contributed by atoms with van der Waals surface area (Å²) in [6, 6.07) is 11.7. The Morgan fingerprint density at radius 3 is 2.81 bits per heavy atom. The Morgan fingerprint density at radius 1 is 1.10 bits per heavy atom. The Kier molecular flexibility index (Phi) is 4.05. The molecule has 1 aliphatic carbocycles. The van der Waals surface area contributed by atoms with Gasteiger partial charge >= 0.3 is 0 Å². The van der Waals surface area contributed by atoms with E-state index in [-0.39, 0.29) is 5.91 Å². The fraction of sp³-hybridized carbons (Fsp3) is 0.235. The van der Waals surface area contributed by atoms with Crippen molar-refractivity contribution >= 4 is 11.6 Å². The van der Waals surface area contributed by atoms with E-state index in [4.69, 9.17) is 0 Å². The van der Waals surface area contributed by atoms with Crippen molar-refractivity contribution in [3.8, 4) is 0 Å². The lowest BCUT2D eigenvalue weighted by Crippen LogP contribution is -2.20. The molecule has 0 spiro atoms. The van der Waals surface area contributed by atoms with Gasteiger partial charge in [0, 0.05) is 18.0 Å². The predicted octanol–water partition coefficient (Wildman–Crippen LogP) is 2.94. The van der Waals surface area contributed by atoms with Crippen molar-refractivity contribution < 1.29 is 4.79 Å². The predicted molar refractivity (Wildman–Crippen MR) is 82.2 cm³/mol. The van der Waals surface area contributed by atoms with Crippen LogP contribution >= 0.6 is 0 Å². The second kappa shape index (κ2) is 6.31. The van der Waals surface area contributed by atoms with Gasteiger partial charge in [-0.15, -0.1) is 0 Å². The molecule has 1 amide bonds. The molecule has 1 aliphatic rings. The summed E-state index contributed by atoms with van der Waals surface area (Å²) < 4.78 is 0. The number of nitrogens with one attached hydrogen (secondary N) is 1. The van der Waals surface area contributed by atoms with Gasteiger partial charge in [-0.05, 0) is 43.4 Å². The highest BCUT2D eigenvalue weighted by Gasteiger charge is 2.14. The van der Waals surface area contributed by atoms with Gasteiger partial charge in [-0.3, -0.25) is 9.78 Å². The van der Waals surface area contributed by atoms with Gasteiger partial charge in [-0.25, -0.2) is 5.43 Å². The molecular weight excluding hydrogens is 262 g/mol. The number of aryl methyl sites for hydroxylation is 1. The molecule has 0 fully saturated rings. The highest BCUT2D eigenvalue weighted by atomic mass is 16.2. The number of carbonyl (C=O) groups is 1. The van der Waals surface area contributed by atoms with E-state index in [0.29, 0.717) is 5.56 Å². The molecule has 106 valence electrons. The molecule has 1 N–H and O–H groups in total. The molecule has 0 saturated heterocycles. The fourth-order valence-corrected chi connectivity index (χ4v) is 2.56. The minimum atomic E-state index is -0.225. The molecule has 0 saturated carbocycles. The number of amides is 1. The van der Waals surface area contributed by atoms with Crippen molar-refractivity contribution in [3.05, 3.63) is 65.5 Å². The van der Waals surface area contributed by atoms with Gasteiger partial charge in [-0.1, -0.05) is 24.3 Å². The second-order valence-corrected chi connectivity index (χ2v) is 5.11. The zero-order chi connectivity index (χ0) is 14.5. The van der Waals surface area contributed by atoms with Gasteiger partial charge in [0.25, 0.3) is 5.91 Å². The third kappa shape index (κ3) is 3.16. The summed E-state index contributed by atoms with van der Waals surface area (Å²) in [6.45, 7) is 0. The fourth-order valence-electron chi connectivity index (χ4n) is 2.56. The lowest BCUT2D eigenvalue weighted by molar-refractivity contribution is 0.0954. The molecule has 2 aromatic rings. The van der Waals surface area contributed by atoms with Gasteiger partial charge in [0.1, 0.15) is 0 Å². The van der Waals surface area contributed by atoms with Crippen LogP contribution in [0.25, 0.3) is 0 Å². The Bertz CT molecular complexity index is 665. The molecule has 1 aromatic heterocycles. The van der Waals surface area contributed by atoms with E-state index in [1.807, 2.05) is 6.07 Å². The third-order valence-electron chi connectivity index (χ3n) is 3.65. The topological polar surface area (TPSA) is 54.4 Å². The van der Waals surface area contributed by atoms with Crippen LogP contribution in [-0.2, 0) is 6.42 Å². The summed E-state index contributed by atoms with van der Waals surface area (Å²) >= 11 is 0. The normalized spacial score (nSPS) is 16.1. The summed E-state index contributed by atoms with van der Waals surface area (Å²) in [5.74, 6) is -0.225.